The molecular weight excluding hydrogens is 243 g/mol. The summed E-state index contributed by atoms with van der Waals surface area (Å²) >= 11 is 1.06. The smallest absolute Gasteiger partial charge is 0.401 e. The van der Waals surface area contributed by atoms with Gasteiger partial charge in [-0.05, 0) is 18.6 Å². The first kappa shape index (κ1) is 13.0. The fourth-order valence-corrected chi connectivity index (χ4v) is 2.02. The minimum absolute atomic E-state index is 0.0229. The number of carboxylic acids is 1. The number of rotatable bonds is 4. The van der Waals surface area contributed by atoms with Crippen molar-refractivity contribution in [2.75, 3.05) is 6.54 Å². The normalized spacial score (nSPS) is 11.8. The molecule has 0 aliphatic heterocycles. The van der Waals surface area contributed by atoms with Gasteiger partial charge in [0.05, 0.1) is 6.54 Å². The first-order valence-corrected chi connectivity index (χ1v) is 5.21. The Balaban J connectivity index is 2.58. The number of aromatic carboxylic acids is 1. The molecule has 0 fully saturated rings. The molecule has 2 N–H and O–H groups in total. The summed E-state index contributed by atoms with van der Waals surface area (Å²) in [5, 5.41) is 10.9. The first-order chi connectivity index (χ1) is 7.29. The lowest BCUT2D eigenvalue weighted by atomic mass is 10.2. The summed E-state index contributed by atoms with van der Waals surface area (Å²) in [7, 11) is 0. The van der Waals surface area contributed by atoms with Crippen molar-refractivity contribution < 1.29 is 23.1 Å². The van der Waals surface area contributed by atoms with Gasteiger partial charge in [-0.1, -0.05) is 0 Å². The molecule has 0 saturated heterocycles. The molecule has 0 amide bonds. The van der Waals surface area contributed by atoms with Gasteiger partial charge in [0.2, 0.25) is 0 Å². The Morgan fingerprint density at radius 1 is 1.56 bits per heavy atom. The number of aryl methyl sites for hydroxylation is 1. The number of carboxylic acid groups (broad SMARTS) is 1. The highest BCUT2D eigenvalue weighted by atomic mass is 32.1. The molecule has 90 valence electrons. The summed E-state index contributed by atoms with van der Waals surface area (Å²) < 4.78 is 35.5. The zero-order valence-electron chi connectivity index (χ0n) is 8.39. The highest BCUT2D eigenvalue weighted by Gasteiger charge is 2.26. The predicted octanol–water partition coefficient (Wildman–Crippen LogP) is 2.41. The van der Waals surface area contributed by atoms with E-state index in [9.17, 15) is 18.0 Å². The second kappa shape index (κ2) is 4.84. The second-order valence-corrected chi connectivity index (χ2v) is 4.47. The van der Waals surface area contributed by atoms with E-state index < -0.39 is 18.7 Å². The third kappa shape index (κ3) is 3.82. The molecule has 0 saturated carbocycles. The Bertz CT molecular complexity index is 387. The van der Waals surface area contributed by atoms with Crippen LogP contribution in [0.25, 0.3) is 0 Å². The van der Waals surface area contributed by atoms with Gasteiger partial charge in [0.15, 0.2) is 0 Å². The van der Waals surface area contributed by atoms with Crippen LogP contribution in [0.1, 0.15) is 20.1 Å². The summed E-state index contributed by atoms with van der Waals surface area (Å²) in [5.41, 5.74) is 0.589. The van der Waals surface area contributed by atoms with E-state index in [0.717, 1.165) is 11.3 Å². The Morgan fingerprint density at radius 2 is 2.19 bits per heavy atom. The maximum Gasteiger partial charge on any atom is 0.401 e. The highest BCUT2D eigenvalue weighted by Crippen LogP contribution is 2.21. The third-order valence-electron chi connectivity index (χ3n) is 1.87. The molecule has 0 spiro atoms. The summed E-state index contributed by atoms with van der Waals surface area (Å²) in [6.45, 7) is 0.627. The Labute approximate surface area is 93.9 Å². The van der Waals surface area contributed by atoms with Gasteiger partial charge in [0.25, 0.3) is 0 Å². The van der Waals surface area contributed by atoms with Crippen molar-refractivity contribution in [2.45, 2.75) is 19.6 Å². The topological polar surface area (TPSA) is 49.3 Å². The van der Waals surface area contributed by atoms with Crippen molar-refractivity contribution in [3.8, 4) is 0 Å². The van der Waals surface area contributed by atoms with E-state index in [4.69, 9.17) is 5.11 Å². The van der Waals surface area contributed by atoms with Gasteiger partial charge in [-0.3, -0.25) is 0 Å². The van der Waals surface area contributed by atoms with Gasteiger partial charge in [0, 0.05) is 11.4 Å². The van der Waals surface area contributed by atoms with Crippen LogP contribution in [0.2, 0.25) is 0 Å². The number of halogens is 3. The van der Waals surface area contributed by atoms with Crippen molar-refractivity contribution in [2.24, 2.45) is 0 Å². The predicted molar refractivity (Wildman–Crippen MR) is 53.8 cm³/mol. The van der Waals surface area contributed by atoms with Crippen LogP contribution in [0, 0.1) is 6.92 Å². The SMILES string of the molecule is Cc1sc(C(=O)O)cc1CNCC(F)(F)F. The lowest BCUT2D eigenvalue weighted by Crippen LogP contribution is -2.28. The van der Waals surface area contributed by atoms with E-state index >= 15 is 0 Å². The van der Waals surface area contributed by atoms with Crippen molar-refractivity contribution in [1.82, 2.24) is 5.32 Å². The summed E-state index contributed by atoms with van der Waals surface area (Å²) in [6.07, 6.45) is -4.25. The van der Waals surface area contributed by atoms with Crippen molar-refractivity contribution in [3.05, 3.63) is 21.4 Å². The Hall–Kier alpha value is -1.08. The molecule has 3 nitrogen and oxygen atoms in total. The van der Waals surface area contributed by atoms with Gasteiger partial charge in [-0.2, -0.15) is 13.2 Å². The largest absolute Gasteiger partial charge is 0.477 e. The number of hydrogen-bond donors (Lipinski definition) is 2. The van der Waals surface area contributed by atoms with Crippen molar-refractivity contribution in [3.63, 3.8) is 0 Å². The first-order valence-electron chi connectivity index (χ1n) is 4.39. The molecule has 0 aliphatic rings. The fourth-order valence-electron chi connectivity index (χ4n) is 1.14. The second-order valence-electron chi connectivity index (χ2n) is 3.22. The molecule has 0 aliphatic carbocycles. The van der Waals surface area contributed by atoms with Crippen molar-refractivity contribution in [1.29, 1.82) is 0 Å². The van der Waals surface area contributed by atoms with Crippen LogP contribution in [0.4, 0.5) is 13.2 Å². The number of hydrogen-bond acceptors (Lipinski definition) is 3. The molecule has 0 unspecified atom stereocenters. The average Bonchev–Trinajstić information content (AvgIpc) is 2.46. The number of carbonyl (C=O) groups is 1. The molecule has 7 heteroatoms. The van der Waals surface area contributed by atoms with E-state index in [0.29, 0.717) is 10.4 Å². The number of thiophene rings is 1. The van der Waals surface area contributed by atoms with Crippen LogP contribution >= 0.6 is 11.3 Å². The van der Waals surface area contributed by atoms with E-state index in [2.05, 4.69) is 5.32 Å². The molecule has 1 aromatic rings. The van der Waals surface area contributed by atoms with E-state index in [1.54, 1.807) is 6.92 Å². The van der Waals surface area contributed by atoms with Crippen LogP contribution in [0.3, 0.4) is 0 Å². The van der Waals surface area contributed by atoms with E-state index in [1.165, 1.54) is 6.07 Å². The quantitative estimate of drug-likeness (QED) is 0.866. The van der Waals surface area contributed by atoms with Crippen LogP contribution < -0.4 is 5.32 Å². The van der Waals surface area contributed by atoms with Crippen molar-refractivity contribution >= 4 is 17.3 Å². The Kier molecular flexibility index (Phi) is 3.93. The molecule has 0 atom stereocenters. The molecule has 0 bridgehead atoms. The fraction of sp³-hybridized carbons (Fsp3) is 0.444. The summed E-state index contributed by atoms with van der Waals surface area (Å²) in [4.78, 5) is 11.5. The zero-order valence-corrected chi connectivity index (χ0v) is 9.21. The van der Waals surface area contributed by atoms with Gasteiger partial charge in [0.1, 0.15) is 4.88 Å². The van der Waals surface area contributed by atoms with Crippen LogP contribution in [0.15, 0.2) is 6.07 Å². The number of alkyl halides is 3. The molecule has 16 heavy (non-hydrogen) atoms. The zero-order chi connectivity index (χ0) is 12.3. The highest BCUT2D eigenvalue weighted by molar-refractivity contribution is 7.14. The maximum absolute atomic E-state index is 11.8. The monoisotopic (exact) mass is 253 g/mol. The minimum Gasteiger partial charge on any atom is -0.477 e. The molecule has 0 aromatic carbocycles. The van der Waals surface area contributed by atoms with E-state index in [1.807, 2.05) is 0 Å². The Morgan fingerprint density at radius 3 is 2.62 bits per heavy atom. The molecule has 1 aromatic heterocycles. The molecule has 0 radical (unpaired) electrons. The molecule has 1 heterocycles. The summed E-state index contributed by atoms with van der Waals surface area (Å²) in [5.74, 6) is -1.06. The minimum atomic E-state index is -4.25. The maximum atomic E-state index is 11.8. The van der Waals surface area contributed by atoms with Gasteiger partial charge in [-0.25, -0.2) is 4.79 Å². The van der Waals surface area contributed by atoms with E-state index in [-0.39, 0.29) is 11.4 Å². The van der Waals surface area contributed by atoms with Gasteiger partial charge in [-0.15, -0.1) is 11.3 Å². The van der Waals surface area contributed by atoms with Crippen LogP contribution in [0.5, 0.6) is 0 Å². The van der Waals surface area contributed by atoms with Crippen LogP contribution in [-0.2, 0) is 6.54 Å². The standard InChI is InChI=1S/C9H10F3NO2S/c1-5-6(2-7(16-5)8(14)15)3-13-4-9(10,11)12/h2,13H,3-4H2,1H3,(H,14,15). The average molecular weight is 253 g/mol. The van der Waals surface area contributed by atoms with Gasteiger partial charge < -0.3 is 10.4 Å². The van der Waals surface area contributed by atoms with Crippen LogP contribution in [-0.4, -0.2) is 23.8 Å². The summed E-state index contributed by atoms with van der Waals surface area (Å²) in [6, 6.07) is 1.39. The van der Waals surface area contributed by atoms with Gasteiger partial charge >= 0.3 is 12.1 Å². The lowest BCUT2D eigenvalue weighted by Gasteiger charge is -2.07. The lowest BCUT2D eigenvalue weighted by molar-refractivity contribution is -0.125. The molecule has 1 rings (SSSR count). The number of nitrogens with one attached hydrogen (secondary N) is 1. The third-order valence-corrected chi connectivity index (χ3v) is 2.95. The molecular formula is C9H10F3NO2S.